The van der Waals surface area contributed by atoms with Crippen molar-refractivity contribution < 1.29 is 32.3 Å². The molecule has 0 saturated carbocycles. The topological polar surface area (TPSA) is 93.8 Å². The van der Waals surface area contributed by atoms with Crippen molar-refractivity contribution in [2.24, 2.45) is 13.0 Å². The largest absolute Gasteiger partial charge is 0.465 e. The van der Waals surface area contributed by atoms with E-state index in [0.29, 0.717) is 23.3 Å². The first kappa shape index (κ1) is 27.0. The highest BCUT2D eigenvalue weighted by molar-refractivity contribution is 6.12. The van der Waals surface area contributed by atoms with Crippen molar-refractivity contribution in [2.75, 3.05) is 18.1 Å². The van der Waals surface area contributed by atoms with Crippen LogP contribution in [0.1, 0.15) is 30.5 Å². The highest BCUT2D eigenvalue weighted by Gasteiger charge is 2.44. The van der Waals surface area contributed by atoms with Gasteiger partial charge >= 0.3 is 23.9 Å². The van der Waals surface area contributed by atoms with Crippen LogP contribution in [0, 0.1) is 12.8 Å². The number of aryl methyl sites for hydroxylation is 2. The SMILES string of the molecule is CCOC(=O)C1CN(c2ccc3c(c2)n(CC)c(=O)n3C)C(=O)N(Cc2cccc(C(F)(F)F)c2C)C1=O. The van der Waals surface area contributed by atoms with Gasteiger partial charge in [0.15, 0.2) is 5.92 Å². The van der Waals surface area contributed by atoms with Crippen LogP contribution in [0.4, 0.5) is 23.7 Å². The van der Waals surface area contributed by atoms with E-state index in [1.54, 1.807) is 39.1 Å². The predicted octanol–water partition coefficient (Wildman–Crippen LogP) is 3.84. The second kappa shape index (κ2) is 9.99. The van der Waals surface area contributed by atoms with Crippen LogP contribution in [0.2, 0.25) is 0 Å². The number of hydrogen-bond donors (Lipinski definition) is 0. The van der Waals surface area contributed by atoms with Crippen LogP contribution >= 0.6 is 0 Å². The molecule has 0 N–H and O–H groups in total. The summed E-state index contributed by atoms with van der Waals surface area (Å²) in [6.45, 7) is 4.24. The molecule has 1 saturated heterocycles. The van der Waals surface area contributed by atoms with Crippen molar-refractivity contribution in [1.82, 2.24) is 14.0 Å². The number of hydrogen-bond acceptors (Lipinski definition) is 5. The molecule has 1 atom stereocenters. The molecule has 1 unspecified atom stereocenters. The van der Waals surface area contributed by atoms with Gasteiger partial charge in [0.05, 0.1) is 36.3 Å². The Balaban J connectivity index is 1.79. The van der Waals surface area contributed by atoms with Crippen molar-refractivity contribution in [1.29, 1.82) is 0 Å². The third-order valence-corrected chi connectivity index (χ3v) is 6.80. The van der Waals surface area contributed by atoms with Crippen LogP contribution in [-0.2, 0) is 40.6 Å². The second-order valence-corrected chi connectivity index (χ2v) is 8.97. The Bertz CT molecular complexity index is 1490. The van der Waals surface area contributed by atoms with E-state index in [9.17, 15) is 32.3 Å². The zero-order chi connectivity index (χ0) is 27.9. The van der Waals surface area contributed by atoms with Gasteiger partial charge in [-0.05, 0) is 56.2 Å². The fourth-order valence-electron chi connectivity index (χ4n) is 4.75. The number of carbonyl (C=O) groups excluding carboxylic acids is 3. The molecule has 0 aliphatic carbocycles. The summed E-state index contributed by atoms with van der Waals surface area (Å²) in [7, 11) is 1.62. The van der Waals surface area contributed by atoms with Crippen molar-refractivity contribution in [3.05, 3.63) is 63.6 Å². The zero-order valence-corrected chi connectivity index (χ0v) is 21.3. The van der Waals surface area contributed by atoms with Gasteiger partial charge in [0.2, 0.25) is 5.91 Å². The third kappa shape index (κ3) is 4.54. The average molecular weight is 533 g/mol. The Hall–Kier alpha value is -4.09. The zero-order valence-electron chi connectivity index (χ0n) is 21.3. The molecule has 0 radical (unpaired) electrons. The molecule has 202 valence electrons. The number of amides is 3. The van der Waals surface area contributed by atoms with E-state index in [-0.39, 0.29) is 30.0 Å². The number of imidazole rings is 1. The van der Waals surface area contributed by atoms with Gasteiger partial charge in [-0.2, -0.15) is 13.2 Å². The average Bonchev–Trinajstić information content (AvgIpc) is 3.10. The van der Waals surface area contributed by atoms with E-state index < -0.39 is 42.1 Å². The minimum atomic E-state index is -4.62. The van der Waals surface area contributed by atoms with Crippen LogP contribution in [0.25, 0.3) is 11.0 Å². The summed E-state index contributed by atoms with van der Waals surface area (Å²) in [6, 6.07) is 7.59. The van der Waals surface area contributed by atoms with Gasteiger partial charge in [0.1, 0.15) is 0 Å². The third-order valence-electron chi connectivity index (χ3n) is 6.80. The Morgan fingerprint density at radius 1 is 1.08 bits per heavy atom. The lowest BCUT2D eigenvalue weighted by atomic mass is 9.99. The molecule has 2 heterocycles. The number of carbonyl (C=O) groups is 3. The van der Waals surface area contributed by atoms with E-state index >= 15 is 0 Å². The van der Waals surface area contributed by atoms with Gasteiger partial charge in [-0.15, -0.1) is 0 Å². The van der Waals surface area contributed by atoms with Gasteiger partial charge in [-0.1, -0.05) is 12.1 Å². The molecule has 1 aliphatic heterocycles. The minimum absolute atomic E-state index is 0.00203. The van der Waals surface area contributed by atoms with Crippen LogP contribution in [0.3, 0.4) is 0 Å². The molecule has 4 rings (SSSR count). The number of urea groups is 1. The molecule has 0 bridgehead atoms. The number of esters is 1. The molecule has 1 fully saturated rings. The molecule has 0 spiro atoms. The summed E-state index contributed by atoms with van der Waals surface area (Å²) in [6.07, 6.45) is -4.62. The molecule has 3 amide bonds. The highest BCUT2D eigenvalue weighted by atomic mass is 19.4. The number of nitrogens with zero attached hydrogens (tertiary/aromatic N) is 4. The van der Waals surface area contributed by atoms with Gasteiger partial charge in [0.25, 0.3) is 0 Å². The number of benzene rings is 2. The number of ether oxygens (including phenoxy) is 1. The number of fused-ring (bicyclic) bond motifs is 1. The highest BCUT2D eigenvalue weighted by Crippen LogP contribution is 2.34. The van der Waals surface area contributed by atoms with E-state index in [2.05, 4.69) is 0 Å². The van der Waals surface area contributed by atoms with Crippen molar-refractivity contribution >= 4 is 34.6 Å². The molecule has 2 aromatic carbocycles. The number of halogens is 3. The van der Waals surface area contributed by atoms with E-state index in [4.69, 9.17) is 4.74 Å². The Kier molecular flexibility index (Phi) is 7.09. The molecular weight excluding hydrogens is 505 g/mol. The summed E-state index contributed by atoms with van der Waals surface area (Å²) in [5, 5.41) is 0. The first-order chi connectivity index (χ1) is 17.9. The fourth-order valence-corrected chi connectivity index (χ4v) is 4.75. The summed E-state index contributed by atoms with van der Waals surface area (Å²) in [4.78, 5) is 54.1. The number of rotatable bonds is 6. The Morgan fingerprint density at radius 2 is 1.79 bits per heavy atom. The molecule has 3 aromatic rings. The van der Waals surface area contributed by atoms with Crippen LogP contribution in [-0.4, -0.2) is 45.1 Å². The monoisotopic (exact) mass is 532 g/mol. The smallest absolute Gasteiger partial charge is 0.416 e. The minimum Gasteiger partial charge on any atom is -0.465 e. The maximum Gasteiger partial charge on any atom is 0.416 e. The van der Waals surface area contributed by atoms with E-state index in [1.807, 2.05) is 0 Å². The second-order valence-electron chi connectivity index (χ2n) is 8.97. The molecule has 12 heteroatoms. The lowest BCUT2D eigenvalue weighted by Crippen LogP contribution is -2.58. The lowest BCUT2D eigenvalue weighted by molar-refractivity contribution is -0.154. The van der Waals surface area contributed by atoms with Gasteiger partial charge in [-0.25, -0.2) is 9.59 Å². The normalized spacial score (nSPS) is 16.4. The number of imide groups is 1. The molecule has 1 aliphatic rings. The summed E-state index contributed by atoms with van der Waals surface area (Å²) < 4.78 is 48.5. The predicted molar refractivity (Wildman–Crippen MR) is 132 cm³/mol. The van der Waals surface area contributed by atoms with Crippen molar-refractivity contribution in [2.45, 2.75) is 40.0 Å². The lowest BCUT2D eigenvalue weighted by Gasteiger charge is -2.38. The molecule has 1 aromatic heterocycles. The number of anilines is 1. The molecule has 38 heavy (non-hydrogen) atoms. The van der Waals surface area contributed by atoms with Gasteiger partial charge in [-0.3, -0.25) is 28.5 Å². The van der Waals surface area contributed by atoms with Crippen LogP contribution in [0.15, 0.2) is 41.2 Å². The van der Waals surface area contributed by atoms with Crippen molar-refractivity contribution in [3.63, 3.8) is 0 Å². The summed E-state index contributed by atoms with van der Waals surface area (Å²) in [5.74, 6) is -3.07. The fraction of sp³-hybridized carbons (Fsp3) is 0.385. The molecular formula is C26H27F3N4O5. The summed E-state index contributed by atoms with van der Waals surface area (Å²) >= 11 is 0. The quantitative estimate of drug-likeness (QED) is 0.355. The first-order valence-electron chi connectivity index (χ1n) is 12.0. The summed E-state index contributed by atoms with van der Waals surface area (Å²) in [5.41, 5.74) is 0.369. The maximum atomic E-state index is 13.6. The van der Waals surface area contributed by atoms with Crippen LogP contribution in [0.5, 0.6) is 0 Å². The number of alkyl halides is 3. The maximum absolute atomic E-state index is 13.6. The Morgan fingerprint density at radius 3 is 2.42 bits per heavy atom. The van der Waals surface area contributed by atoms with Gasteiger partial charge in [0, 0.05) is 19.3 Å². The standard InChI is InChI=1S/C26H27F3N4O5/c1-5-31-21-12-17(10-11-20(21)30(4)24(31)36)32-14-18(23(35)38-6-2)22(34)33(25(32)37)13-16-8-7-9-19(15(16)3)26(27,28)29/h7-12,18H,5-6,13-14H2,1-4H3. The Labute approximate surface area is 216 Å². The van der Waals surface area contributed by atoms with Crippen LogP contribution < -0.4 is 10.6 Å². The number of aromatic nitrogens is 2. The van der Waals surface area contributed by atoms with E-state index in [0.717, 1.165) is 11.0 Å². The van der Waals surface area contributed by atoms with Crippen molar-refractivity contribution in [3.8, 4) is 0 Å². The molecule has 9 nitrogen and oxygen atoms in total. The first-order valence-corrected chi connectivity index (χ1v) is 12.0. The van der Waals surface area contributed by atoms with E-state index in [1.165, 1.54) is 33.1 Å². The van der Waals surface area contributed by atoms with Gasteiger partial charge < -0.3 is 4.74 Å².